The second-order valence-electron chi connectivity index (χ2n) is 7.28. The van der Waals surface area contributed by atoms with Crippen LogP contribution in [0.5, 0.6) is 11.5 Å². The average molecular weight is 409 g/mol. The molecule has 156 valence electrons. The lowest BCUT2D eigenvalue weighted by atomic mass is 10.1. The van der Waals surface area contributed by atoms with E-state index in [0.717, 1.165) is 5.56 Å². The lowest BCUT2D eigenvalue weighted by Crippen LogP contribution is -2.38. The van der Waals surface area contributed by atoms with Crippen LogP contribution in [-0.4, -0.2) is 49.0 Å². The quantitative estimate of drug-likeness (QED) is 0.672. The van der Waals surface area contributed by atoms with Gasteiger partial charge in [0.1, 0.15) is 0 Å². The Kier molecular flexibility index (Phi) is 5.83. The summed E-state index contributed by atoms with van der Waals surface area (Å²) in [7, 11) is 0. The molecule has 2 N–H and O–H groups in total. The number of fused-ring (bicyclic) bond motifs is 1. The van der Waals surface area contributed by atoms with Crippen LogP contribution in [0.2, 0.25) is 0 Å². The number of likely N-dealkylation sites (tertiary alicyclic amines) is 1. The molecule has 0 saturated carbocycles. The maximum absolute atomic E-state index is 12.4. The molecule has 2 aromatic carbocycles. The molecule has 30 heavy (non-hydrogen) atoms. The van der Waals surface area contributed by atoms with Gasteiger partial charge in [-0.3, -0.25) is 14.4 Å². The Bertz CT molecular complexity index is 947. The predicted octanol–water partition coefficient (Wildman–Crippen LogP) is 1.31. The van der Waals surface area contributed by atoms with Crippen LogP contribution in [0, 0.1) is 5.92 Å². The number of nitrogens with one attached hydrogen (secondary N) is 2. The van der Waals surface area contributed by atoms with E-state index in [2.05, 4.69) is 10.6 Å². The van der Waals surface area contributed by atoms with E-state index < -0.39 is 0 Å². The first-order chi connectivity index (χ1) is 14.6. The van der Waals surface area contributed by atoms with Gasteiger partial charge in [-0.1, -0.05) is 30.3 Å². The lowest BCUT2D eigenvalue weighted by Gasteiger charge is -2.16. The van der Waals surface area contributed by atoms with Crippen LogP contribution >= 0.6 is 0 Å². The van der Waals surface area contributed by atoms with Crippen molar-refractivity contribution in [3.05, 3.63) is 59.7 Å². The molecular formula is C22H23N3O5. The van der Waals surface area contributed by atoms with Gasteiger partial charge in [0.15, 0.2) is 11.5 Å². The maximum Gasteiger partial charge on any atom is 0.251 e. The van der Waals surface area contributed by atoms with Crippen LogP contribution in [-0.2, 0) is 16.1 Å². The molecular weight excluding hydrogens is 386 g/mol. The van der Waals surface area contributed by atoms with E-state index in [1.807, 2.05) is 30.3 Å². The summed E-state index contributed by atoms with van der Waals surface area (Å²) in [6.45, 7) is 1.64. The van der Waals surface area contributed by atoms with Crippen molar-refractivity contribution in [2.75, 3.05) is 26.4 Å². The van der Waals surface area contributed by atoms with Crippen LogP contribution in [0.4, 0.5) is 0 Å². The first-order valence-electron chi connectivity index (χ1n) is 9.87. The van der Waals surface area contributed by atoms with Crippen LogP contribution in [0.3, 0.4) is 0 Å². The molecule has 0 aliphatic carbocycles. The fourth-order valence-electron chi connectivity index (χ4n) is 3.55. The third kappa shape index (κ3) is 4.53. The molecule has 8 heteroatoms. The topological polar surface area (TPSA) is 97.0 Å². The fraction of sp³-hybridized carbons (Fsp3) is 0.318. The van der Waals surface area contributed by atoms with Gasteiger partial charge in [0, 0.05) is 38.2 Å². The summed E-state index contributed by atoms with van der Waals surface area (Å²) in [5.41, 5.74) is 1.50. The van der Waals surface area contributed by atoms with Crippen LogP contribution < -0.4 is 20.1 Å². The molecule has 1 fully saturated rings. The molecule has 0 bridgehead atoms. The van der Waals surface area contributed by atoms with Crippen molar-refractivity contribution in [3.63, 3.8) is 0 Å². The SMILES string of the molecule is O=C(NCCNC(=O)C1CC(=O)N(Cc2ccccc2)C1)c1ccc2c(c1)OCO2. The predicted molar refractivity (Wildman–Crippen MR) is 108 cm³/mol. The zero-order valence-electron chi connectivity index (χ0n) is 16.4. The van der Waals surface area contributed by atoms with Crippen molar-refractivity contribution in [2.45, 2.75) is 13.0 Å². The lowest BCUT2D eigenvalue weighted by molar-refractivity contribution is -0.129. The summed E-state index contributed by atoms with van der Waals surface area (Å²) >= 11 is 0. The summed E-state index contributed by atoms with van der Waals surface area (Å²) in [5.74, 6) is 0.345. The number of nitrogens with zero attached hydrogens (tertiary/aromatic N) is 1. The van der Waals surface area contributed by atoms with Crippen molar-refractivity contribution in [1.29, 1.82) is 0 Å². The molecule has 1 atom stereocenters. The zero-order valence-corrected chi connectivity index (χ0v) is 16.4. The Morgan fingerprint density at radius 3 is 2.60 bits per heavy atom. The number of hydrogen-bond acceptors (Lipinski definition) is 5. The van der Waals surface area contributed by atoms with Crippen LogP contribution in [0.15, 0.2) is 48.5 Å². The summed E-state index contributed by atoms with van der Waals surface area (Å²) in [6.07, 6.45) is 0.211. The highest BCUT2D eigenvalue weighted by Gasteiger charge is 2.34. The first-order valence-corrected chi connectivity index (χ1v) is 9.87. The van der Waals surface area contributed by atoms with E-state index in [1.165, 1.54) is 0 Å². The summed E-state index contributed by atoms with van der Waals surface area (Å²) in [6, 6.07) is 14.7. The van der Waals surface area contributed by atoms with Gasteiger partial charge in [-0.25, -0.2) is 0 Å². The van der Waals surface area contributed by atoms with Gasteiger partial charge in [-0.2, -0.15) is 0 Å². The van der Waals surface area contributed by atoms with Gasteiger partial charge < -0.3 is 25.0 Å². The monoisotopic (exact) mass is 409 g/mol. The minimum Gasteiger partial charge on any atom is -0.454 e. The molecule has 2 aliphatic heterocycles. The third-order valence-electron chi connectivity index (χ3n) is 5.15. The number of ether oxygens (including phenoxy) is 2. The molecule has 1 unspecified atom stereocenters. The van der Waals surface area contributed by atoms with E-state index in [4.69, 9.17) is 9.47 Å². The molecule has 1 saturated heterocycles. The molecule has 2 aliphatic rings. The minimum absolute atomic E-state index is 0.0184. The van der Waals surface area contributed by atoms with Crippen molar-refractivity contribution >= 4 is 17.7 Å². The molecule has 0 radical (unpaired) electrons. The molecule has 2 heterocycles. The summed E-state index contributed by atoms with van der Waals surface area (Å²) in [4.78, 5) is 38.6. The first kappa shape index (κ1) is 19.8. The third-order valence-corrected chi connectivity index (χ3v) is 5.15. The van der Waals surface area contributed by atoms with Gasteiger partial charge in [0.25, 0.3) is 5.91 Å². The van der Waals surface area contributed by atoms with E-state index in [9.17, 15) is 14.4 Å². The molecule has 4 rings (SSSR count). The number of benzene rings is 2. The van der Waals surface area contributed by atoms with Gasteiger partial charge in [0.05, 0.1) is 5.92 Å². The van der Waals surface area contributed by atoms with Crippen molar-refractivity contribution in [1.82, 2.24) is 15.5 Å². The Labute approximate surface area is 174 Å². The van der Waals surface area contributed by atoms with Gasteiger partial charge in [-0.05, 0) is 23.8 Å². The van der Waals surface area contributed by atoms with Gasteiger partial charge in [-0.15, -0.1) is 0 Å². The second kappa shape index (κ2) is 8.86. The second-order valence-corrected chi connectivity index (χ2v) is 7.28. The number of rotatable bonds is 7. The van der Waals surface area contributed by atoms with E-state index >= 15 is 0 Å². The largest absolute Gasteiger partial charge is 0.454 e. The smallest absolute Gasteiger partial charge is 0.251 e. The van der Waals surface area contributed by atoms with Crippen molar-refractivity contribution in [3.8, 4) is 11.5 Å². The highest BCUT2D eigenvalue weighted by Crippen LogP contribution is 2.32. The fourth-order valence-corrected chi connectivity index (χ4v) is 3.55. The van der Waals surface area contributed by atoms with Crippen LogP contribution in [0.25, 0.3) is 0 Å². The Balaban J connectivity index is 1.19. The molecule has 8 nitrogen and oxygen atoms in total. The maximum atomic E-state index is 12.4. The van der Waals surface area contributed by atoms with E-state index in [1.54, 1.807) is 23.1 Å². The molecule has 2 aromatic rings. The number of hydrogen-bond donors (Lipinski definition) is 2. The van der Waals surface area contributed by atoms with E-state index in [0.29, 0.717) is 36.7 Å². The Morgan fingerprint density at radius 2 is 1.77 bits per heavy atom. The molecule has 0 aromatic heterocycles. The number of carbonyl (C=O) groups excluding carboxylic acids is 3. The number of amides is 3. The van der Waals surface area contributed by atoms with Crippen LogP contribution in [0.1, 0.15) is 22.3 Å². The van der Waals surface area contributed by atoms with Gasteiger partial charge >= 0.3 is 0 Å². The normalized spacial score (nSPS) is 17.1. The van der Waals surface area contributed by atoms with Crippen molar-refractivity contribution in [2.24, 2.45) is 5.92 Å². The Morgan fingerprint density at radius 1 is 1.00 bits per heavy atom. The zero-order chi connectivity index (χ0) is 20.9. The highest BCUT2D eigenvalue weighted by molar-refractivity contribution is 5.95. The van der Waals surface area contributed by atoms with Crippen molar-refractivity contribution < 1.29 is 23.9 Å². The molecule has 0 spiro atoms. The summed E-state index contributed by atoms with van der Waals surface area (Å²) in [5, 5.41) is 5.56. The molecule has 3 amide bonds. The highest BCUT2D eigenvalue weighted by atomic mass is 16.7. The number of carbonyl (C=O) groups is 3. The minimum atomic E-state index is -0.370. The van der Waals surface area contributed by atoms with E-state index in [-0.39, 0.29) is 43.4 Å². The Hall–Kier alpha value is -3.55. The van der Waals surface area contributed by atoms with Gasteiger partial charge in [0.2, 0.25) is 18.6 Å². The summed E-state index contributed by atoms with van der Waals surface area (Å²) < 4.78 is 10.5. The average Bonchev–Trinajstić information content (AvgIpc) is 3.37. The standard InChI is InChI=1S/C22H23N3O5/c26-20-11-17(13-25(20)12-15-4-2-1-3-5-15)22(28)24-9-8-23-21(27)16-6-7-18-19(10-16)30-14-29-18/h1-7,10,17H,8-9,11-14H2,(H,23,27)(H,24,28).